The normalized spacial score (nSPS) is 10.1. The molecule has 1 aromatic heterocycles. The number of nitrogens with one attached hydrogen (secondary N) is 1. The summed E-state index contributed by atoms with van der Waals surface area (Å²) in [4.78, 5) is 3.94. The summed E-state index contributed by atoms with van der Waals surface area (Å²) in [6.45, 7) is 2.04. The van der Waals surface area contributed by atoms with Gasteiger partial charge < -0.3 is 0 Å². The van der Waals surface area contributed by atoms with E-state index in [1.807, 2.05) is 31.2 Å². The molecule has 0 aliphatic carbocycles. The van der Waals surface area contributed by atoms with Crippen molar-refractivity contribution in [1.29, 1.82) is 0 Å². The molecule has 0 unspecified atom stereocenters. The van der Waals surface area contributed by atoms with Crippen molar-refractivity contribution in [3.63, 3.8) is 0 Å². The number of aryl methyl sites for hydroxylation is 1. The highest BCUT2D eigenvalue weighted by atomic mass is 15.2. The molecule has 12 heavy (non-hydrogen) atoms. The van der Waals surface area contributed by atoms with Crippen molar-refractivity contribution in [3.05, 3.63) is 36.2 Å². The van der Waals surface area contributed by atoms with Gasteiger partial charge >= 0.3 is 0 Å². The molecule has 0 aliphatic rings. The minimum Gasteiger partial charge on any atom is -0.256 e. The number of aromatic amines is 1. The fourth-order valence-electron chi connectivity index (χ4n) is 1.09. The number of hydrogen-bond donors (Lipinski definition) is 1. The van der Waals surface area contributed by atoms with Crippen LogP contribution in [0.1, 0.15) is 5.56 Å². The van der Waals surface area contributed by atoms with E-state index < -0.39 is 0 Å². The van der Waals surface area contributed by atoms with Crippen LogP contribution in [-0.4, -0.2) is 15.2 Å². The third-order valence-corrected chi connectivity index (χ3v) is 1.65. The minimum atomic E-state index is 0.693. The van der Waals surface area contributed by atoms with Crippen molar-refractivity contribution in [2.75, 3.05) is 0 Å². The molecule has 1 N–H and O–H groups in total. The Kier molecular flexibility index (Phi) is 1.63. The van der Waals surface area contributed by atoms with E-state index in [0.717, 1.165) is 5.56 Å². The third kappa shape index (κ3) is 1.21. The van der Waals surface area contributed by atoms with Crippen LogP contribution in [0, 0.1) is 13.3 Å². The SMILES string of the molecule is Cc1cccc(-c2n[c][nH]n2)c1. The predicted molar refractivity (Wildman–Crippen MR) is 45.4 cm³/mol. The largest absolute Gasteiger partial charge is 0.256 e. The Hall–Kier alpha value is -1.64. The Bertz CT molecular complexity index is 365. The zero-order valence-corrected chi connectivity index (χ0v) is 6.70. The average molecular weight is 158 g/mol. The van der Waals surface area contributed by atoms with Crippen molar-refractivity contribution in [3.8, 4) is 11.4 Å². The van der Waals surface area contributed by atoms with Crippen molar-refractivity contribution in [1.82, 2.24) is 15.2 Å². The van der Waals surface area contributed by atoms with E-state index in [2.05, 4.69) is 21.5 Å². The molecule has 3 heteroatoms. The van der Waals surface area contributed by atoms with E-state index >= 15 is 0 Å². The Morgan fingerprint density at radius 2 is 2.33 bits per heavy atom. The molecule has 0 bridgehead atoms. The molecule has 0 amide bonds. The Labute approximate surface area is 70.5 Å². The van der Waals surface area contributed by atoms with Gasteiger partial charge in [0.25, 0.3) is 0 Å². The molecule has 59 valence electrons. The van der Waals surface area contributed by atoms with Crippen molar-refractivity contribution in [2.24, 2.45) is 0 Å². The zero-order chi connectivity index (χ0) is 8.39. The lowest BCUT2D eigenvalue weighted by atomic mass is 10.1. The van der Waals surface area contributed by atoms with Gasteiger partial charge in [-0.05, 0) is 13.0 Å². The van der Waals surface area contributed by atoms with Gasteiger partial charge in [0.1, 0.15) is 0 Å². The van der Waals surface area contributed by atoms with Gasteiger partial charge in [0, 0.05) is 5.56 Å². The van der Waals surface area contributed by atoms with E-state index in [4.69, 9.17) is 0 Å². The topological polar surface area (TPSA) is 41.6 Å². The van der Waals surface area contributed by atoms with Gasteiger partial charge in [-0.3, -0.25) is 5.10 Å². The first-order chi connectivity index (χ1) is 5.86. The highest BCUT2D eigenvalue weighted by Gasteiger charge is 1.99. The molecule has 0 atom stereocenters. The Morgan fingerprint density at radius 3 is 3.00 bits per heavy atom. The maximum atomic E-state index is 3.94. The van der Waals surface area contributed by atoms with Gasteiger partial charge in [0.05, 0.1) is 0 Å². The molecule has 1 aromatic carbocycles. The van der Waals surface area contributed by atoms with Crippen molar-refractivity contribution < 1.29 is 0 Å². The van der Waals surface area contributed by atoms with Crippen LogP contribution >= 0.6 is 0 Å². The van der Waals surface area contributed by atoms with Crippen LogP contribution < -0.4 is 0 Å². The second kappa shape index (κ2) is 2.77. The summed E-state index contributed by atoms with van der Waals surface area (Å²) in [6.07, 6.45) is 2.56. The minimum absolute atomic E-state index is 0.693. The third-order valence-electron chi connectivity index (χ3n) is 1.65. The van der Waals surface area contributed by atoms with E-state index in [-0.39, 0.29) is 0 Å². The summed E-state index contributed by atoms with van der Waals surface area (Å²) in [5.41, 5.74) is 2.23. The first-order valence-corrected chi connectivity index (χ1v) is 3.72. The van der Waals surface area contributed by atoms with Crippen molar-refractivity contribution in [2.45, 2.75) is 6.92 Å². The highest BCUT2D eigenvalue weighted by Crippen LogP contribution is 2.13. The standard InChI is InChI=1S/C9H8N3/c1-7-3-2-4-8(5-7)9-10-6-11-12-9/h2-5H,1H3,(H,10,11,12). The van der Waals surface area contributed by atoms with Gasteiger partial charge in [-0.1, -0.05) is 23.8 Å². The van der Waals surface area contributed by atoms with Crippen LogP contribution in [0.4, 0.5) is 0 Å². The predicted octanol–water partition coefficient (Wildman–Crippen LogP) is 1.58. The summed E-state index contributed by atoms with van der Waals surface area (Å²) in [5.74, 6) is 0.693. The second-order valence-electron chi connectivity index (χ2n) is 2.64. The Balaban J connectivity index is 2.48. The van der Waals surface area contributed by atoms with Crippen LogP contribution in [0.2, 0.25) is 0 Å². The molecule has 0 fully saturated rings. The van der Waals surface area contributed by atoms with Gasteiger partial charge in [0.2, 0.25) is 0 Å². The first-order valence-electron chi connectivity index (χ1n) is 3.72. The van der Waals surface area contributed by atoms with Gasteiger partial charge in [-0.15, -0.1) is 0 Å². The molecule has 0 aliphatic heterocycles. The van der Waals surface area contributed by atoms with E-state index in [0.29, 0.717) is 5.82 Å². The lowest BCUT2D eigenvalue weighted by Gasteiger charge is -1.95. The van der Waals surface area contributed by atoms with Crippen molar-refractivity contribution >= 4 is 0 Å². The number of hydrogen-bond acceptors (Lipinski definition) is 2. The lowest BCUT2D eigenvalue weighted by molar-refractivity contribution is 1.09. The molecule has 1 radical (unpaired) electrons. The summed E-state index contributed by atoms with van der Waals surface area (Å²) >= 11 is 0. The maximum Gasteiger partial charge on any atom is 0.193 e. The number of aromatic nitrogens is 3. The molecule has 2 rings (SSSR count). The monoisotopic (exact) mass is 158 g/mol. The van der Waals surface area contributed by atoms with E-state index in [1.54, 1.807) is 0 Å². The molecule has 1 heterocycles. The molecular weight excluding hydrogens is 150 g/mol. The summed E-state index contributed by atoms with van der Waals surface area (Å²) in [5, 5.41) is 6.50. The average Bonchev–Trinajstić information content (AvgIpc) is 2.56. The second-order valence-corrected chi connectivity index (χ2v) is 2.64. The molecule has 0 saturated heterocycles. The van der Waals surface area contributed by atoms with Crippen LogP contribution in [0.25, 0.3) is 11.4 Å². The molecule has 0 spiro atoms. The number of H-pyrrole nitrogens is 1. The highest BCUT2D eigenvalue weighted by molar-refractivity contribution is 5.54. The fourth-order valence-corrected chi connectivity index (χ4v) is 1.09. The summed E-state index contributed by atoms with van der Waals surface area (Å²) in [7, 11) is 0. The van der Waals surface area contributed by atoms with Crippen LogP contribution in [-0.2, 0) is 0 Å². The lowest BCUT2D eigenvalue weighted by Crippen LogP contribution is -1.81. The fraction of sp³-hybridized carbons (Fsp3) is 0.111. The summed E-state index contributed by atoms with van der Waals surface area (Å²) < 4.78 is 0. The quantitative estimate of drug-likeness (QED) is 0.684. The van der Waals surface area contributed by atoms with E-state index in [1.165, 1.54) is 5.56 Å². The maximum absolute atomic E-state index is 3.94. The molecule has 0 saturated carbocycles. The number of rotatable bonds is 1. The summed E-state index contributed by atoms with van der Waals surface area (Å²) in [6, 6.07) is 8.04. The zero-order valence-electron chi connectivity index (χ0n) is 6.70. The Morgan fingerprint density at radius 1 is 1.42 bits per heavy atom. The van der Waals surface area contributed by atoms with Crippen LogP contribution in [0.3, 0.4) is 0 Å². The van der Waals surface area contributed by atoms with Gasteiger partial charge in [-0.2, -0.15) is 5.10 Å². The first kappa shape index (κ1) is 7.03. The molecule has 3 nitrogen and oxygen atoms in total. The number of nitrogens with zero attached hydrogens (tertiary/aromatic N) is 2. The smallest absolute Gasteiger partial charge is 0.193 e. The van der Waals surface area contributed by atoms with Gasteiger partial charge in [0.15, 0.2) is 12.2 Å². The van der Waals surface area contributed by atoms with E-state index in [9.17, 15) is 0 Å². The molecule has 2 aromatic rings. The van der Waals surface area contributed by atoms with Crippen LogP contribution in [0.5, 0.6) is 0 Å². The van der Waals surface area contributed by atoms with Crippen LogP contribution in [0.15, 0.2) is 24.3 Å². The molecular formula is C9H8N3. The van der Waals surface area contributed by atoms with Gasteiger partial charge in [-0.25, -0.2) is 4.98 Å². The number of benzene rings is 1.